The van der Waals surface area contributed by atoms with Crippen LogP contribution in [-0.4, -0.2) is 41.1 Å². The SMILES string of the molecule is CCC1(C)NC(C2CCCC2)N(CCCCCSC)C1=O. The van der Waals surface area contributed by atoms with Gasteiger partial charge in [-0.25, -0.2) is 0 Å². The first kappa shape index (κ1) is 17.1. The molecule has 2 rings (SSSR count). The van der Waals surface area contributed by atoms with Gasteiger partial charge in [-0.05, 0) is 57.0 Å². The highest BCUT2D eigenvalue weighted by Gasteiger charge is 2.48. The van der Waals surface area contributed by atoms with E-state index in [-0.39, 0.29) is 5.54 Å². The molecule has 122 valence electrons. The van der Waals surface area contributed by atoms with Crippen molar-refractivity contribution in [2.45, 2.75) is 76.9 Å². The zero-order chi connectivity index (χ0) is 15.3. The van der Waals surface area contributed by atoms with Gasteiger partial charge in [-0.1, -0.05) is 26.2 Å². The monoisotopic (exact) mass is 312 g/mol. The molecule has 0 aromatic rings. The van der Waals surface area contributed by atoms with Gasteiger partial charge in [0.1, 0.15) is 0 Å². The smallest absolute Gasteiger partial charge is 0.243 e. The van der Waals surface area contributed by atoms with Gasteiger partial charge in [0.2, 0.25) is 5.91 Å². The summed E-state index contributed by atoms with van der Waals surface area (Å²) in [6, 6.07) is 0. The molecule has 4 heteroatoms. The van der Waals surface area contributed by atoms with E-state index in [4.69, 9.17) is 0 Å². The minimum absolute atomic E-state index is 0.297. The fraction of sp³-hybridized carbons (Fsp3) is 0.941. The first-order valence-electron chi connectivity index (χ1n) is 8.70. The quantitative estimate of drug-likeness (QED) is 0.695. The number of hydrogen-bond acceptors (Lipinski definition) is 3. The molecule has 0 spiro atoms. The summed E-state index contributed by atoms with van der Waals surface area (Å²) in [5.41, 5.74) is -0.327. The molecule has 0 aromatic heterocycles. The Labute approximate surface area is 134 Å². The summed E-state index contributed by atoms with van der Waals surface area (Å²) < 4.78 is 0. The maximum atomic E-state index is 12.8. The zero-order valence-corrected chi connectivity index (χ0v) is 14.8. The van der Waals surface area contributed by atoms with E-state index in [0.29, 0.717) is 18.0 Å². The van der Waals surface area contributed by atoms with E-state index in [1.165, 1.54) is 44.3 Å². The number of hydrogen-bond donors (Lipinski definition) is 1. The molecule has 1 saturated carbocycles. The van der Waals surface area contributed by atoms with E-state index in [0.717, 1.165) is 19.4 Å². The minimum atomic E-state index is -0.327. The predicted molar refractivity (Wildman–Crippen MR) is 91.5 cm³/mol. The summed E-state index contributed by atoms with van der Waals surface area (Å²) >= 11 is 1.92. The second-order valence-corrected chi connectivity index (χ2v) is 7.86. The Morgan fingerprint density at radius 1 is 1.29 bits per heavy atom. The molecule has 1 amide bonds. The van der Waals surface area contributed by atoms with Crippen molar-refractivity contribution in [3.8, 4) is 0 Å². The van der Waals surface area contributed by atoms with E-state index < -0.39 is 0 Å². The second kappa shape index (κ2) is 7.87. The number of nitrogens with one attached hydrogen (secondary N) is 1. The van der Waals surface area contributed by atoms with Gasteiger partial charge in [0.25, 0.3) is 0 Å². The average Bonchev–Trinajstić information content (AvgIpc) is 3.09. The number of amides is 1. The summed E-state index contributed by atoms with van der Waals surface area (Å²) in [6.45, 7) is 5.15. The Morgan fingerprint density at radius 2 is 2.00 bits per heavy atom. The normalized spacial score (nSPS) is 30.5. The van der Waals surface area contributed by atoms with E-state index in [1.54, 1.807) is 0 Å². The molecule has 1 aliphatic carbocycles. The second-order valence-electron chi connectivity index (χ2n) is 6.87. The summed E-state index contributed by atoms with van der Waals surface area (Å²) in [4.78, 5) is 15.0. The molecule has 21 heavy (non-hydrogen) atoms. The van der Waals surface area contributed by atoms with Crippen molar-refractivity contribution in [2.75, 3.05) is 18.6 Å². The summed E-state index contributed by atoms with van der Waals surface area (Å²) in [5.74, 6) is 2.26. The van der Waals surface area contributed by atoms with Crippen molar-refractivity contribution in [2.24, 2.45) is 5.92 Å². The van der Waals surface area contributed by atoms with E-state index in [1.807, 2.05) is 11.8 Å². The van der Waals surface area contributed by atoms with Crippen LogP contribution in [0.1, 0.15) is 65.2 Å². The molecule has 0 aromatic carbocycles. The van der Waals surface area contributed by atoms with Gasteiger partial charge in [0.15, 0.2) is 0 Å². The van der Waals surface area contributed by atoms with Crippen LogP contribution in [0, 0.1) is 5.92 Å². The first-order chi connectivity index (χ1) is 10.1. The third-order valence-corrected chi connectivity index (χ3v) is 6.03. The Balaban J connectivity index is 1.94. The molecule has 2 fully saturated rings. The van der Waals surface area contributed by atoms with E-state index >= 15 is 0 Å². The molecule has 1 saturated heterocycles. The van der Waals surface area contributed by atoms with Gasteiger partial charge in [-0.3, -0.25) is 10.1 Å². The molecule has 2 aliphatic rings. The molecule has 1 N–H and O–H groups in total. The van der Waals surface area contributed by atoms with E-state index in [9.17, 15) is 4.79 Å². The van der Waals surface area contributed by atoms with Crippen LogP contribution >= 0.6 is 11.8 Å². The van der Waals surface area contributed by atoms with Crippen molar-refractivity contribution < 1.29 is 4.79 Å². The number of carbonyl (C=O) groups is 1. The van der Waals surface area contributed by atoms with Gasteiger partial charge in [0.05, 0.1) is 11.7 Å². The van der Waals surface area contributed by atoms with Crippen LogP contribution in [-0.2, 0) is 4.79 Å². The van der Waals surface area contributed by atoms with Crippen LogP contribution in [0.2, 0.25) is 0 Å². The summed E-state index contributed by atoms with van der Waals surface area (Å²) in [7, 11) is 0. The fourth-order valence-corrected chi connectivity index (χ4v) is 4.25. The number of thioether (sulfide) groups is 1. The standard InChI is InChI=1S/C17H32N2OS/c1-4-17(2)16(20)19(12-8-5-9-13-21-3)15(18-17)14-10-6-7-11-14/h14-15,18H,4-13H2,1-3H3. The Morgan fingerprint density at radius 3 is 2.62 bits per heavy atom. The van der Waals surface area contributed by atoms with Crippen LogP contribution < -0.4 is 5.32 Å². The topological polar surface area (TPSA) is 32.3 Å². The highest BCUT2D eigenvalue weighted by atomic mass is 32.2. The van der Waals surface area contributed by atoms with Crippen molar-refractivity contribution in [1.29, 1.82) is 0 Å². The number of carbonyl (C=O) groups excluding carboxylic acids is 1. The Bertz CT molecular complexity index is 344. The lowest BCUT2D eigenvalue weighted by Crippen LogP contribution is -2.45. The lowest BCUT2D eigenvalue weighted by atomic mass is 9.99. The summed E-state index contributed by atoms with van der Waals surface area (Å²) in [6.07, 6.45) is 12.3. The van der Waals surface area contributed by atoms with Gasteiger partial charge in [-0.15, -0.1) is 0 Å². The fourth-order valence-electron chi connectivity index (χ4n) is 3.75. The number of rotatable bonds is 8. The third kappa shape index (κ3) is 3.95. The third-order valence-electron chi connectivity index (χ3n) is 5.34. The van der Waals surface area contributed by atoms with Crippen molar-refractivity contribution in [1.82, 2.24) is 10.2 Å². The average molecular weight is 313 g/mol. The molecule has 2 atom stereocenters. The maximum Gasteiger partial charge on any atom is 0.243 e. The zero-order valence-electron chi connectivity index (χ0n) is 14.0. The van der Waals surface area contributed by atoms with Crippen molar-refractivity contribution in [3.05, 3.63) is 0 Å². The van der Waals surface area contributed by atoms with Crippen LogP contribution in [0.25, 0.3) is 0 Å². The van der Waals surface area contributed by atoms with Crippen molar-refractivity contribution >= 4 is 17.7 Å². The highest BCUT2D eigenvalue weighted by Crippen LogP contribution is 2.35. The van der Waals surface area contributed by atoms with E-state index in [2.05, 4.69) is 30.3 Å². The van der Waals surface area contributed by atoms with Gasteiger partial charge < -0.3 is 4.90 Å². The number of unbranched alkanes of at least 4 members (excludes halogenated alkanes) is 2. The van der Waals surface area contributed by atoms with Crippen LogP contribution in [0.3, 0.4) is 0 Å². The first-order valence-corrected chi connectivity index (χ1v) is 10.1. The number of nitrogens with zero attached hydrogens (tertiary/aromatic N) is 1. The maximum absolute atomic E-state index is 12.8. The van der Waals surface area contributed by atoms with Gasteiger partial charge in [-0.2, -0.15) is 11.8 Å². The van der Waals surface area contributed by atoms with Gasteiger partial charge >= 0.3 is 0 Å². The lowest BCUT2D eigenvalue weighted by molar-refractivity contribution is -0.133. The largest absolute Gasteiger partial charge is 0.325 e. The van der Waals surface area contributed by atoms with Crippen LogP contribution in [0.5, 0.6) is 0 Å². The molecular formula is C17H32N2OS. The predicted octanol–water partition coefficient (Wildman–Crippen LogP) is 3.64. The summed E-state index contributed by atoms with van der Waals surface area (Å²) in [5, 5.41) is 3.68. The molecular weight excluding hydrogens is 280 g/mol. The van der Waals surface area contributed by atoms with Crippen LogP contribution in [0.4, 0.5) is 0 Å². The molecule has 3 nitrogen and oxygen atoms in total. The highest BCUT2D eigenvalue weighted by molar-refractivity contribution is 7.98. The van der Waals surface area contributed by atoms with Crippen LogP contribution in [0.15, 0.2) is 0 Å². The van der Waals surface area contributed by atoms with Gasteiger partial charge in [0, 0.05) is 6.54 Å². The van der Waals surface area contributed by atoms with Crippen molar-refractivity contribution in [3.63, 3.8) is 0 Å². The molecule has 1 aliphatic heterocycles. The Hall–Kier alpha value is -0.220. The minimum Gasteiger partial charge on any atom is -0.325 e. The lowest BCUT2D eigenvalue weighted by Gasteiger charge is -2.29. The Kier molecular flexibility index (Phi) is 6.42. The molecule has 0 radical (unpaired) electrons. The molecule has 2 unspecified atom stereocenters. The molecule has 1 heterocycles. The molecule has 0 bridgehead atoms.